The number of likely N-dealkylation sites (N-methyl/N-ethyl adjacent to an activating group) is 1. The minimum absolute atomic E-state index is 0. The summed E-state index contributed by atoms with van der Waals surface area (Å²) in [4.78, 5) is 18.2. The summed E-state index contributed by atoms with van der Waals surface area (Å²) in [6.07, 6.45) is 2.07. The van der Waals surface area contributed by atoms with Crippen molar-refractivity contribution in [3.63, 3.8) is 0 Å². The normalized spacial score (nSPS) is 12.8. The molecule has 1 unspecified atom stereocenters. The van der Waals surface area contributed by atoms with Gasteiger partial charge in [-0.3, -0.25) is 9.79 Å². The van der Waals surface area contributed by atoms with Crippen LogP contribution in [0.25, 0.3) is 0 Å². The van der Waals surface area contributed by atoms with Crippen LogP contribution in [0.5, 0.6) is 0 Å². The topological polar surface area (TPSA) is 56.7 Å². The van der Waals surface area contributed by atoms with Crippen molar-refractivity contribution in [2.24, 2.45) is 4.99 Å². The van der Waals surface area contributed by atoms with Crippen LogP contribution in [0, 0.1) is 0 Å². The molecule has 0 saturated heterocycles. The van der Waals surface area contributed by atoms with E-state index in [-0.39, 0.29) is 47.2 Å². The van der Waals surface area contributed by atoms with Crippen LogP contribution in [-0.2, 0) is 4.79 Å². The highest BCUT2D eigenvalue weighted by Crippen LogP contribution is 2.27. The summed E-state index contributed by atoms with van der Waals surface area (Å²) in [6.45, 7) is 6.83. The van der Waals surface area contributed by atoms with Crippen molar-refractivity contribution in [3.05, 3.63) is 34.9 Å². The van der Waals surface area contributed by atoms with Crippen molar-refractivity contribution < 1.29 is 4.79 Å². The van der Waals surface area contributed by atoms with Gasteiger partial charge in [-0.25, -0.2) is 0 Å². The van der Waals surface area contributed by atoms with Crippen molar-refractivity contribution in [3.8, 4) is 0 Å². The van der Waals surface area contributed by atoms with Crippen LogP contribution >= 0.6 is 47.3 Å². The lowest BCUT2D eigenvalue weighted by Crippen LogP contribution is -2.49. The molecule has 148 valence electrons. The number of thioether (sulfide) groups is 1. The molecule has 2 N–H and O–H groups in total. The Morgan fingerprint density at radius 2 is 2.04 bits per heavy atom. The third kappa shape index (κ3) is 9.32. The summed E-state index contributed by atoms with van der Waals surface area (Å²) < 4.78 is 0. The molecule has 0 aliphatic carbocycles. The van der Waals surface area contributed by atoms with Gasteiger partial charge in [0.05, 0.1) is 6.54 Å². The molecule has 0 fully saturated rings. The first-order valence-electron chi connectivity index (χ1n) is 8.17. The number of benzene rings is 1. The van der Waals surface area contributed by atoms with Gasteiger partial charge in [0.2, 0.25) is 5.91 Å². The molecule has 1 atom stereocenters. The van der Waals surface area contributed by atoms with Crippen LogP contribution < -0.4 is 10.6 Å². The number of guanidine groups is 1. The van der Waals surface area contributed by atoms with Crippen molar-refractivity contribution in [1.29, 1.82) is 0 Å². The Hall–Kier alpha value is -0.670. The summed E-state index contributed by atoms with van der Waals surface area (Å²) >= 11 is 7.83. The van der Waals surface area contributed by atoms with E-state index in [1.807, 2.05) is 50.9 Å². The third-order valence-electron chi connectivity index (χ3n) is 3.42. The zero-order chi connectivity index (χ0) is 19.0. The Labute approximate surface area is 183 Å². The van der Waals surface area contributed by atoms with Crippen LogP contribution in [-0.4, -0.2) is 55.7 Å². The lowest BCUT2D eigenvalue weighted by Gasteiger charge is -2.26. The summed E-state index contributed by atoms with van der Waals surface area (Å²) in [7, 11) is 3.57. The number of aliphatic imine (C=N–C) groups is 1. The minimum Gasteiger partial charge on any atom is -0.355 e. The first-order valence-corrected chi connectivity index (χ1v) is 9.84. The summed E-state index contributed by atoms with van der Waals surface area (Å²) in [5.74, 6) is 0.652. The van der Waals surface area contributed by atoms with E-state index in [0.717, 1.165) is 10.6 Å². The third-order valence-corrected chi connectivity index (χ3v) is 4.66. The lowest BCUT2D eigenvalue weighted by molar-refractivity contribution is -0.122. The van der Waals surface area contributed by atoms with Crippen LogP contribution in [0.2, 0.25) is 5.02 Å². The monoisotopic (exact) mass is 512 g/mol. The first-order chi connectivity index (χ1) is 11.7. The van der Waals surface area contributed by atoms with Crippen molar-refractivity contribution in [2.45, 2.75) is 31.6 Å². The van der Waals surface area contributed by atoms with Crippen LogP contribution in [0.1, 0.15) is 31.6 Å². The fourth-order valence-corrected chi connectivity index (χ4v) is 3.23. The maximum Gasteiger partial charge on any atom is 0.240 e. The Bertz CT molecular complexity index is 607. The van der Waals surface area contributed by atoms with Gasteiger partial charge < -0.3 is 15.5 Å². The highest BCUT2D eigenvalue weighted by atomic mass is 127. The van der Waals surface area contributed by atoms with Gasteiger partial charge in [-0.2, -0.15) is 11.8 Å². The molecule has 0 bridgehead atoms. The molecule has 0 spiro atoms. The van der Waals surface area contributed by atoms with E-state index in [9.17, 15) is 4.79 Å². The van der Waals surface area contributed by atoms with E-state index in [1.54, 1.807) is 18.8 Å². The summed E-state index contributed by atoms with van der Waals surface area (Å²) in [5, 5.41) is 7.27. The van der Waals surface area contributed by atoms with E-state index in [0.29, 0.717) is 12.5 Å². The molecule has 1 aromatic carbocycles. The molecule has 1 rings (SSSR count). The highest BCUT2D eigenvalue weighted by molar-refractivity contribution is 14.0. The van der Waals surface area contributed by atoms with Gasteiger partial charge in [0, 0.05) is 36.5 Å². The zero-order valence-corrected chi connectivity index (χ0v) is 20.2. The summed E-state index contributed by atoms with van der Waals surface area (Å²) in [5.41, 5.74) is 0.918. The minimum atomic E-state index is -0.245. The smallest absolute Gasteiger partial charge is 0.240 e. The molecule has 1 aromatic rings. The van der Waals surface area contributed by atoms with E-state index < -0.39 is 0 Å². The molecular weight excluding hydrogens is 483 g/mol. The first kappa shape index (κ1) is 25.3. The second-order valence-electron chi connectivity index (χ2n) is 6.86. The van der Waals surface area contributed by atoms with Gasteiger partial charge in [-0.15, -0.1) is 24.0 Å². The largest absolute Gasteiger partial charge is 0.355 e. The highest BCUT2D eigenvalue weighted by Gasteiger charge is 2.18. The van der Waals surface area contributed by atoms with Crippen molar-refractivity contribution in [2.75, 3.05) is 33.4 Å². The SMILES string of the molecule is CN=C(NCC(SC)c1cccc(Cl)c1)N(C)CC(=O)NC(C)(C)C.I. The van der Waals surface area contributed by atoms with Crippen molar-refractivity contribution >= 4 is 59.2 Å². The van der Waals surface area contributed by atoms with E-state index in [2.05, 4.69) is 27.9 Å². The lowest BCUT2D eigenvalue weighted by atomic mass is 10.1. The van der Waals surface area contributed by atoms with Gasteiger partial charge in [0.15, 0.2) is 5.96 Å². The summed E-state index contributed by atoms with van der Waals surface area (Å²) in [6, 6.07) is 7.88. The average Bonchev–Trinajstić information content (AvgIpc) is 2.49. The number of nitrogens with one attached hydrogen (secondary N) is 2. The van der Waals surface area contributed by atoms with Crippen molar-refractivity contribution in [1.82, 2.24) is 15.5 Å². The number of carbonyl (C=O) groups excluding carboxylic acids is 1. The molecule has 5 nitrogen and oxygen atoms in total. The van der Waals surface area contributed by atoms with E-state index in [1.165, 1.54) is 0 Å². The molecule has 8 heteroatoms. The Morgan fingerprint density at radius 3 is 2.54 bits per heavy atom. The maximum atomic E-state index is 12.1. The number of amides is 1. The quantitative estimate of drug-likeness (QED) is 0.346. The fraction of sp³-hybridized carbons (Fsp3) is 0.556. The predicted octanol–water partition coefficient (Wildman–Crippen LogP) is 3.78. The molecule has 0 aliphatic rings. The van der Waals surface area contributed by atoms with Gasteiger partial charge in [0.25, 0.3) is 0 Å². The molecule has 0 saturated carbocycles. The zero-order valence-electron chi connectivity index (χ0n) is 16.3. The number of hydrogen-bond donors (Lipinski definition) is 2. The number of carbonyl (C=O) groups is 1. The van der Waals surface area contributed by atoms with Gasteiger partial charge in [-0.1, -0.05) is 23.7 Å². The average molecular weight is 513 g/mol. The molecule has 0 aromatic heterocycles. The van der Waals surface area contributed by atoms with E-state index in [4.69, 9.17) is 11.6 Å². The molecule has 0 aliphatic heterocycles. The number of rotatable bonds is 6. The molecule has 0 radical (unpaired) electrons. The molecule has 1 amide bonds. The Kier molecular flexibility index (Phi) is 11.6. The Morgan fingerprint density at radius 1 is 1.38 bits per heavy atom. The standard InChI is InChI=1S/C18H29ClN4OS.HI/c1-18(2,3)22-16(24)12-23(5)17(20-4)21-11-15(25-6)13-8-7-9-14(19)10-13;/h7-10,15H,11-12H2,1-6H3,(H,20,21)(H,22,24);1H. The predicted molar refractivity (Wildman–Crippen MR) is 125 cm³/mol. The van der Waals surface area contributed by atoms with Crippen LogP contribution in [0.3, 0.4) is 0 Å². The van der Waals surface area contributed by atoms with Gasteiger partial charge >= 0.3 is 0 Å². The maximum absolute atomic E-state index is 12.1. The number of nitrogens with zero attached hydrogens (tertiary/aromatic N) is 2. The Balaban J connectivity index is 0.00000625. The molecular formula is C18H30ClIN4OS. The molecule has 0 heterocycles. The number of halogens is 2. The van der Waals surface area contributed by atoms with Gasteiger partial charge in [-0.05, 0) is 44.7 Å². The van der Waals surface area contributed by atoms with Gasteiger partial charge in [0.1, 0.15) is 0 Å². The fourth-order valence-electron chi connectivity index (χ4n) is 2.36. The molecule has 26 heavy (non-hydrogen) atoms. The second kappa shape index (κ2) is 11.9. The second-order valence-corrected chi connectivity index (χ2v) is 8.34. The number of hydrogen-bond acceptors (Lipinski definition) is 3. The van der Waals surface area contributed by atoms with E-state index >= 15 is 0 Å². The van der Waals surface area contributed by atoms with Crippen LogP contribution in [0.4, 0.5) is 0 Å². The van der Waals surface area contributed by atoms with Crippen LogP contribution in [0.15, 0.2) is 29.3 Å².